The van der Waals surface area contributed by atoms with Crippen molar-refractivity contribution in [2.75, 3.05) is 6.61 Å². The van der Waals surface area contributed by atoms with Crippen LogP contribution in [0.15, 0.2) is 34.9 Å². The maximum absolute atomic E-state index is 12.5. The van der Waals surface area contributed by atoms with Gasteiger partial charge in [0.15, 0.2) is 5.78 Å². The monoisotopic (exact) mass is 343 g/mol. The average molecular weight is 343 g/mol. The van der Waals surface area contributed by atoms with Gasteiger partial charge in [0.05, 0.1) is 6.10 Å². The van der Waals surface area contributed by atoms with Crippen LogP contribution in [0.25, 0.3) is 0 Å². The molecule has 4 N–H and O–H groups in total. The third-order valence-corrected chi connectivity index (χ3v) is 7.82. The number of nitrogens with two attached hydrogens (primary N) is 1. The van der Waals surface area contributed by atoms with Gasteiger partial charge in [-0.2, -0.15) is 0 Å². The molecule has 0 aromatic rings. The number of aliphatic hydroxyl groups excluding tert-OH is 2. The minimum absolute atomic E-state index is 0.156. The molecule has 4 aliphatic rings. The zero-order chi connectivity index (χ0) is 18.0. The first-order valence-corrected chi connectivity index (χ1v) is 9.53. The van der Waals surface area contributed by atoms with Crippen molar-refractivity contribution in [3.8, 4) is 0 Å². The van der Waals surface area contributed by atoms with E-state index in [2.05, 4.69) is 26.0 Å². The molecule has 0 radical (unpaired) electrons. The predicted octanol–water partition coefficient (Wildman–Crippen LogP) is 2.27. The minimum atomic E-state index is -0.645. The number of aliphatic hydroxyl groups is 2. The smallest absolute Gasteiger partial charge is 0.184 e. The molecule has 4 aliphatic carbocycles. The number of ketones is 1. The standard InChI is InChI=1S/C21H29NO3/c1-20-8-7-16-14(15(20)5-6-19(20)22)4-3-12-9-13(24)10-17(18(25)11-23)21(12,16)2/h3-4,10,13,15-16,19,23-24H,5-9,11,22H2,1-2H3/t13?,15-,16+,19?,20-,21-/m0/s1. The molecule has 4 heteroatoms. The molecule has 0 aromatic carbocycles. The number of hydrogen-bond acceptors (Lipinski definition) is 4. The lowest BCUT2D eigenvalue weighted by Gasteiger charge is -2.54. The van der Waals surface area contributed by atoms with Crippen LogP contribution in [-0.4, -0.2) is 34.7 Å². The quantitative estimate of drug-likeness (QED) is 0.718. The number of rotatable bonds is 2. The average Bonchev–Trinajstić information content (AvgIpc) is 2.89. The maximum atomic E-state index is 12.5. The Bertz CT molecular complexity index is 706. The third kappa shape index (κ3) is 2.20. The molecule has 0 heterocycles. The third-order valence-electron chi connectivity index (χ3n) is 7.82. The maximum Gasteiger partial charge on any atom is 0.184 e. The van der Waals surface area contributed by atoms with Crippen molar-refractivity contribution < 1.29 is 15.0 Å². The van der Waals surface area contributed by atoms with Gasteiger partial charge < -0.3 is 15.9 Å². The lowest BCUT2D eigenvalue weighted by Crippen LogP contribution is -2.49. The van der Waals surface area contributed by atoms with Crippen molar-refractivity contribution in [3.05, 3.63) is 34.9 Å². The van der Waals surface area contributed by atoms with E-state index in [-0.39, 0.29) is 23.2 Å². The van der Waals surface area contributed by atoms with E-state index >= 15 is 0 Å². The first-order chi connectivity index (χ1) is 11.8. The minimum Gasteiger partial charge on any atom is -0.389 e. The summed E-state index contributed by atoms with van der Waals surface area (Å²) < 4.78 is 0. The number of hydrogen-bond donors (Lipinski definition) is 3. The van der Waals surface area contributed by atoms with Crippen molar-refractivity contribution in [2.45, 2.75) is 58.1 Å². The van der Waals surface area contributed by atoms with Crippen LogP contribution in [0.2, 0.25) is 0 Å². The number of Topliss-reactive ketones (excluding diaryl/α,β-unsaturated/α-hetero) is 1. The highest BCUT2D eigenvalue weighted by molar-refractivity contribution is 5.98. The molecule has 2 fully saturated rings. The molecular formula is C21H29NO3. The molecule has 0 aliphatic heterocycles. The Morgan fingerprint density at radius 1 is 1.24 bits per heavy atom. The van der Waals surface area contributed by atoms with Crippen molar-refractivity contribution in [1.29, 1.82) is 0 Å². The van der Waals surface area contributed by atoms with Crippen molar-refractivity contribution >= 4 is 5.78 Å². The molecule has 2 unspecified atom stereocenters. The van der Waals surface area contributed by atoms with Gasteiger partial charge in [0.2, 0.25) is 0 Å². The highest BCUT2D eigenvalue weighted by Gasteiger charge is 2.57. The highest BCUT2D eigenvalue weighted by atomic mass is 16.3. The van der Waals surface area contributed by atoms with Crippen LogP contribution in [0.1, 0.15) is 46.0 Å². The fourth-order valence-electron chi connectivity index (χ4n) is 6.24. The molecule has 0 aromatic heterocycles. The van der Waals surface area contributed by atoms with Crippen molar-refractivity contribution in [1.82, 2.24) is 0 Å². The lowest BCUT2D eigenvalue weighted by molar-refractivity contribution is -0.119. The van der Waals surface area contributed by atoms with Gasteiger partial charge >= 0.3 is 0 Å². The van der Waals surface area contributed by atoms with Gasteiger partial charge in [-0.15, -0.1) is 0 Å². The zero-order valence-corrected chi connectivity index (χ0v) is 15.2. The Labute approximate surface area is 149 Å². The number of carbonyl (C=O) groups is 1. The molecule has 6 atom stereocenters. The molecule has 0 saturated heterocycles. The Hall–Kier alpha value is -1.23. The first-order valence-electron chi connectivity index (χ1n) is 9.53. The Morgan fingerprint density at radius 2 is 2.00 bits per heavy atom. The fourth-order valence-corrected chi connectivity index (χ4v) is 6.24. The van der Waals surface area contributed by atoms with E-state index in [4.69, 9.17) is 5.73 Å². The molecule has 25 heavy (non-hydrogen) atoms. The van der Waals surface area contributed by atoms with Crippen molar-refractivity contribution in [3.63, 3.8) is 0 Å². The number of fused-ring (bicyclic) bond motifs is 5. The van der Waals surface area contributed by atoms with Gasteiger partial charge in [-0.3, -0.25) is 4.79 Å². The van der Waals surface area contributed by atoms with Gasteiger partial charge in [-0.05, 0) is 55.4 Å². The molecule has 136 valence electrons. The second-order valence-electron chi connectivity index (χ2n) is 8.83. The van der Waals surface area contributed by atoms with Gasteiger partial charge in [-0.1, -0.05) is 37.1 Å². The summed E-state index contributed by atoms with van der Waals surface area (Å²) in [4.78, 5) is 12.5. The van der Waals surface area contributed by atoms with Crippen LogP contribution < -0.4 is 5.73 Å². The Morgan fingerprint density at radius 3 is 2.72 bits per heavy atom. The largest absolute Gasteiger partial charge is 0.389 e. The van der Waals surface area contributed by atoms with Crippen molar-refractivity contribution in [2.24, 2.45) is 28.4 Å². The number of carbonyl (C=O) groups excluding carboxylic acids is 1. The molecule has 0 spiro atoms. The second kappa shape index (κ2) is 5.63. The van der Waals surface area contributed by atoms with Crippen LogP contribution >= 0.6 is 0 Å². The fraction of sp³-hybridized carbons (Fsp3) is 0.667. The highest BCUT2D eigenvalue weighted by Crippen LogP contribution is 2.63. The van der Waals surface area contributed by atoms with E-state index in [9.17, 15) is 15.0 Å². The van der Waals surface area contributed by atoms with Gasteiger partial charge in [-0.25, -0.2) is 0 Å². The molecule has 4 rings (SSSR count). The molecule has 0 amide bonds. The number of allylic oxidation sites excluding steroid dienone is 3. The van der Waals surface area contributed by atoms with Gasteiger partial charge in [0.1, 0.15) is 6.61 Å². The van der Waals surface area contributed by atoms with Crippen LogP contribution in [0, 0.1) is 22.7 Å². The van der Waals surface area contributed by atoms with E-state index in [1.165, 1.54) is 5.57 Å². The van der Waals surface area contributed by atoms with Crippen LogP contribution in [0.5, 0.6) is 0 Å². The molecular weight excluding hydrogens is 314 g/mol. The summed E-state index contributed by atoms with van der Waals surface area (Å²) in [7, 11) is 0. The van der Waals surface area contributed by atoms with Crippen LogP contribution in [0.3, 0.4) is 0 Å². The van der Waals surface area contributed by atoms with E-state index in [0.717, 1.165) is 31.3 Å². The summed E-state index contributed by atoms with van der Waals surface area (Å²) in [5, 5.41) is 19.7. The summed E-state index contributed by atoms with van der Waals surface area (Å²) in [6, 6.07) is 0.250. The summed E-state index contributed by atoms with van der Waals surface area (Å²) in [6.45, 7) is 3.97. The molecule has 4 nitrogen and oxygen atoms in total. The topological polar surface area (TPSA) is 83.5 Å². The molecule has 0 bridgehead atoms. The van der Waals surface area contributed by atoms with E-state index in [1.807, 2.05) is 0 Å². The van der Waals surface area contributed by atoms with E-state index in [1.54, 1.807) is 6.08 Å². The lowest BCUT2D eigenvalue weighted by atomic mass is 9.50. The SMILES string of the molecule is C[C@]12C(=CC=C3[C@H]1CC[C@]1(C)C(N)CC[C@@H]31)CC(O)C=C2C(=O)CO. The summed E-state index contributed by atoms with van der Waals surface area (Å²) >= 11 is 0. The summed E-state index contributed by atoms with van der Waals surface area (Å²) in [6.07, 6.45) is 10.3. The summed E-state index contributed by atoms with van der Waals surface area (Å²) in [5.41, 5.74) is 9.36. The van der Waals surface area contributed by atoms with Gasteiger partial charge in [0.25, 0.3) is 0 Å². The van der Waals surface area contributed by atoms with Crippen LogP contribution in [-0.2, 0) is 4.79 Å². The molecule has 2 saturated carbocycles. The van der Waals surface area contributed by atoms with E-state index < -0.39 is 18.1 Å². The Kier molecular flexibility index (Phi) is 3.87. The normalized spacial score (nSPS) is 45.6. The summed E-state index contributed by atoms with van der Waals surface area (Å²) in [5.74, 6) is 0.489. The predicted molar refractivity (Wildman–Crippen MR) is 96.6 cm³/mol. The Balaban J connectivity index is 1.81. The van der Waals surface area contributed by atoms with E-state index in [0.29, 0.717) is 17.9 Å². The second-order valence-corrected chi connectivity index (χ2v) is 8.83. The zero-order valence-electron chi connectivity index (χ0n) is 15.2. The van der Waals surface area contributed by atoms with Crippen LogP contribution in [0.4, 0.5) is 0 Å². The first kappa shape index (κ1) is 17.2. The van der Waals surface area contributed by atoms with Gasteiger partial charge in [0, 0.05) is 17.0 Å².